The second-order valence-electron chi connectivity index (χ2n) is 3.15. The van der Waals surface area contributed by atoms with Gasteiger partial charge in [0.25, 0.3) is 0 Å². The van der Waals surface area contributed by atoms with Gasteiger partial charge in [-0.2, -0.15) is 0 Å². The number of carbonyl (C=O) groups is 1. The number of hydrogen-bond acceptors (Lipinski definition) is 4. The van der Waals surface area contributed by atoms with Gasteiger partial charge >= 0.3 is 0 Å². The Hall–Kier alpha value is -1.65. The molecule has 0 atom stereocenters. The SMILES string of the molecule is CC(C)NC(=O)CNc1ncccn1. The van der Waals surface area contributed by atoms with E-state index in [9.17, 15) is 4.79 Å². The Morgan fingerprint density at radius 1 is 1.43 bits per heavy atom. The molecule has 0 bridgehead atoms. The van der Waals surface area contributed by atoms with Crippen molar-refractivity contribution in [3.8, 4) is 0 Å². The second-order valence-corrected chi connectivity index (χ2v) is 3.15. The summed E-state index contributed by atoms with van der Waals surface area (Å²) in [4.78, 5) is 19.1. The summed E-state index contributed by atoms with van der Waals surface area (Å²) in [5.74, 6) is 0.402. The van der Waals surface area contributed by atoms with Gasteiger partial charge in [0, 0.05) is 18.4 Å². The lowest BCUT2D eigenvalue weighted by atomic mass is 10.4. The fourth-order valence-corrected chi connectivity index (χ4v) is 0.923. The summed E-state index contributed by atoms with van der Waals surface area (Å²) >= 11 is 0. The Labute approximate surface area is 83.0 Å². The van der Waals surface area contributed by atoms with Crippen LogP contribution in [-0.2, 0) is 4.79 Å². The molecule has 0 fully saturated rings. The summed E-state index contributed by atoms with van der Waals surface area (Å²) in [6.07, 6.45) is 3.24. The number of hydrogen-bond donors (Lipinski definition) is 2. The molecule has 0 unspecified atom stereocenters. The number of nitrogens with zero attached hydrogens (tertiary/aromatic N) is 2. The van der Waals surface area contributed by atoms with Gasteiger partial charge in [0.05, 0.1) is 6.54 Å². The maximum absolute atomic E-state index is 11.2. The summed E-state index contributed by atoms with van der Waals surface area (Å²) in [7, 11) is 0. The molecule has 0 saturated carbocycles. The molecule has 1 amide bonds. The second kappa shape index (κ2) is 5.16. The molecular formula is C9H14N4O. The zero-order valence-corrected chi connectivity index (χ0v) is 8.32. The van der Waals surface area contributed by atoms with Crippen molar-refractivity contribution in [1.29, 1.82) is 0 Å². The van der Waals surface area contributed by atoms with Gasteiger partial charge in [0.2, 0.25) is 11.9 Å². The van der Waals surface area contributed by atoms with E-state index >= 15 is 0 Å². The van der Waals surface area contributed by atoms with Gasteiger partial charge < -0.3 is 10.6 Å². The quantitative estimate of drug-likeness (QED) is 0.728. The number of amides is 1. The Kier molecular flexibility index (Phi) is 3.84. The van der Waals surface area contributed by atoms with Gasteiger partial charge in [0.1, 0.15) is 0 Å². The highest BCUT2D eigenvalue weighted by atomic mass is 16.1. The van der Waals surface area contributed by atoms with Gasteiger partial charge in [-0.25, -0.2) is 9.97 Å². The van der Waals surface area contributed by atoms with Crippen LogP contribution in [0.15, 0.2) is 18.5 Å². The third-order valence-electron chi connectivity index (χ3n) is 1.42. The van der Waals surface area contributed by atoms with Crippen LogP contribution in [0.25, 0.3) is 0 Å². The van der Waals surface area contributed by atoms with E-state index in [0.717, 1.165) is 0 Å². The van der Waals surface area contributed by atoms with Gasteiger partial charge in [0.15, 0.2) is 0 Å². The first-order valence-electron chi connectivity index (χ1n) is 4.48. The normalized spacial score (nSPS) is 9.93. The molecule has 5 nitrogen and oxygen atoms in total. The molecule has 1 aromatic rings. The van der Waals surface area contributed by atoms with Crippen molar-refractivity contribution >= 4 is 11.9 Å². The molecule has 0 aliphatic carbocycles. The Balaban J connectivity index is 2.31. The molecule has 0 spiro atoms. The van der Waals surface area contributed by atoms with Gasteiger partial charge in [-0.15, -0.1) is 0 Å². The van der Waals surface area contributed by atoms with E-state index in [1.807, 2.05) is 13.8 Å². The lowest BCUT2D eigenvalue weighted by molar-refractivity contribution is -0.119. The molecule has 1 rings (SSSR count). The van der Waals surface area contributed by atoms with Gasteiger partial charge in [-0.05, 0) is 19.9 Å². The van der Waals surface area contributed by atoms with Gasteiger partial charge in [-0.1, -0.05) is 0 Å². The van der Waals surface area contributed by atoms with E-state index < -0.39 is 0 Å². The van der Waals surface area contributed by atoms with Crippen LogP contribution in [0.5, 0.6) is 0 Å². The van der Waals surface area contributed by atoms with Crippen molar-refractivity contribution in [3.63, 3.8) is 0 Å². The molecule has 76 valence electrons. The van der Waals surface area contributed by atoms with Crippen molar-refractivity contribution in [2.45, 2.75) is 19.9 Å². The molecule has 0 aliphatic rings. The minimum atomic E-state index is -0.0625. The first kappa shape index (κ1) is 10.4. The molecule has 1 heterocycles. The summed E-state index contributed by atoms with van der Waals surface area (Å²) in [6, 6.07) is 1.88. The molecular weight excluding hydrogens is 180 g/mol. The number of nitrogens with one attached hydrogen (secondary N) is 2. The van der Waals surface area contributed by atoms with Crippen LogP contribution < -0.4 is 10.6 Å². The van der Waals surface area contributed by atoms with Crippen LogP contribution in [0.2, 0.25) is 0 Å². The summed E-state index contributed by atoms with van der Waals surface area (Å²) in [5, 5.41) is 5.57. The standard InChI is InChI=1S/C9H14N4O/c1-7(2)13-8(14)6-12-9-10-4-3-5-11-9/h3-5,7H,6H2,1-2H3,(H,13,14)(H,10,11,12). The smallest absolute Gasteiger partial charge is 0.239 e. The van der Waals surface area contributed by atoms with Crippen molar-refractivity contribution in [1.82, 2.24) is 15.3 Å². The first-order valence-corrected chi connectivity index (χ1v) is 4.48. The van der Waals surface area contributed by atoms with Gasteiger partial charge in [-0.3, -0.25) is 4.79 Å². The fraction of sp³-hybridized carbons (Fsp3) is 0.444. The van der Waals surface area contributed by atoms with E-state index in [4.69, 9.17) is 0 Å². The van der Waals surface area contributed by atoms with Crippen LogP contribution >= 0.6 is 0 Å². The highest BCUT2D eigenvalue weighted by Crippen LogP contribution is 1.92. The highest BCUT2D eigenvalue weighted by Gasteiger charge is 2.02. The zero-order valence-electron chi connectivity index (χ0n) is 8.32. The highest BCUT2D eigenvalue weighted by molar-refractivity contribution is 5.80. The van der Waals surface area contributed by atoms with Crippen molar-refractivity contribution < 1.29 is 4.79 Å². The Morgan fingerprint density at radius 2 is 2.07 bits per heavy atom. The molecule has 14 heavy (non-hydrogen) atoms. The molecule has 2 N–H and O–H groups in total. The molecule has 0 saturated heterocycles. The predicted octanol–water partition coefficient (Wildman–Crippen LogP) is 0.413. The predicted molar refractivity (Wildman–Crippen MR) is 53.8 cm³/mol. The van der Waals surface area contributed by atoms with Crippen molar-refractivity contribution in [2.75, 3.05) is 11.9 Å². The van der Waals surface area contributed by atoms with E-state index in [2.05, 4.69) is 20.6 Å². The number of aromatic nitrogens is 2. The summed E-state index contributed by atoms with van der Waals surface area (Å²) in [5.41, 5.74) is 0. The topological polar surface area (TPSA) is 66.9 Å². The van der Waals surface area contributed by atoms with Crippen molar-refractivity contribution in [3.05, 3.63) is 18.5 Å². The van der Waals surface area contributed by atoms with E-state index in [-0.39, 0.29) is 18.5 Å². The molecule has 0 aliphatic heterocycles. The summed E-state index contributed by atoms with van der Waals surface area (Å²) in [6.45, 7) is 4.02. The number of rotatable bonds is 4. The molecule has 5 heteroatoms. The Morgan fingerprint density at radius 3 is 2.64 bits per heavy atom. The largest absolute Gasteiger partial charge is 0.352 e. The van der Waals surface area contributed by atoms with Crippen LogP contribution in [0.3, 0.4) is 0 Å². The Bertz CT molecular complexity index is 286. The van der Waals surface area contributed by atoms with E-state index in [0.29, 0.717) is 5.95 Å². The fourth-order valence-electron chi connectivity index (χ4n) is 0.923. The van der Waals surface area contributed by atoms with Crippen molar-refractivity contribution in [2.24, 2.45) is 0 Å². The lowest BCUT2D eigenvalue weighted by Crippen LogP contribution is -2.35. The maximum Gasteiger partial charge on any atom is 0.239 e. The van der Waals surface area contributed by atoms with Crippen LogP contribution in [0, 0.1) is 0 Å². The van der Waals surface area contributed by atoms with E-state index in [1.54, 1.807) is 18.5 Å². The monoisotopic (exact) mass is 194 g/mol. The number of carbonyl (C=O) groups excluding carboxylic acids is 1. The third-order valence-corrected chi connectivity index (χ3v) is 1.42. The van der Waals surface area contributed by atoms with E-state index in [1.165, 1.54) is 0 Å². The summed E-state index contributed by atoms with van der Waals surface area (Å²) < 4.78 is 0. The minimum Gasteiger partial charge on any atom is -0.352 e. The molecule has 1 aromatic heterocycles. The average molecular weight is 194 g/mol. The third kappa shape index (κ3) is 3.84. The molecule has 0 aromatic carbocycles. The first-order chi connectivity index (χ1) is 6.68. The molecule has 0 radical (unpaired) electrons. The van der Waals surface area contributed by atoms with Crippen LogP contribution in [0.4, 0.5) is 5.95 Å². The lowest BCUT2D eigenvalue weighted by Gasteiger charge is -2.08. The minimum absolute atomic E-state index is 0.0625. The van der Waals surface area contributed by atoms with Crippen LogP contribution in [-0.4, -0.2) is 28.5 Å². The van der Waals surface area contributed by atoms with Crippen LogP contribution in [0.1, 0.15) is 13.8 Å². The average Bonchev–Trinajstić information content (AvgIpc) is 2.15. The maximum atomic E-state index is 11.2. The zero-order chi connectivity index (χ0) is 10.4. The number of anilines is 1.